The first kappa shape index (κ1) is 9.75. The number of rotatable bonds is 3. The summed E-state index contributed by atoms with van der Waals surface area (Å²) in [6.07, 6.45) is 1.97. The third-order valence-electron chi connectivity index (χ3n) is 1.94. The van der Waals surface area contributed by atoms with Crippen LogP contribution in [0.1, 0.15) is 24.6 Å². The molecule has 0 fully saturated rings. The van der Waals surface area contributed by atoms with E-state index in [0.29, 0.717) is 24.2 Å². The molecule has 0 aliphatic carbocycles. The van der Waals surface area contributed by atoms with E-state index in [0.717, 1.165) is 0 Å². The quantitative estimate of drug-likeness (QED) is 0.747. The topological polar surface area (TPSA) is 61.8 Å². The van der Waals surface area contributed by atoms with Gasteiger partial charge in [-0.2, -0.15) is 10.4 Å². The van der Waals surface area contributed by atoms with Crippen molar-refractivity contribution in [3.05, 3.63) is 17.5 Å². The van der Waals surface area contributed by atoms with Crippen LogP contribution in [0.2, 0.25) is 0 Å². The van der Waals surface area contributed by atoms with E-state index in [4.69, 9.17) is 5.26 Å². The van der Waals surface area contributed by atoms with Gasteiger partial charge in [0.05, 0.1) is 23.9 Å². The molecule has 0 radical (unpaired) electrons. The number of nitrogens with zero attached hydrogens (tertiary/aromatic N) is 3. The van der Waals surface area contributed by atoms with E-state index in [9.17, 15) is 5.11 Å². The van der Waals surface area contributed by atoms with Gasteiger partial charge in [-0.05, 0) is 13.3 Å². The highest BCUT2D eigenvalue weighted by molar-refractivity contribution is 5.29. The number of hydrogen-bond donors (Lipinski definition) is 1. The van der Waals surface area contributed by atoms with Crippen LogP contribution in [0.4, 0.5) is 0 Å². The fourth-order valence-electron chi connectivity index (χ4n) is 1.07. The van der Waals surface area contributed by atoms with E-state index in [1.807, 2.05) is 13.0 Å². The Hall–Kier alpha value is -1.34. The summed E-state index contributed by atoms with van der Waals surface area (Å²) in [7, 11) is 0. The van der Waals surface area contributed by atoms with Crippen LogP contribution in [0.15, 0.2) is 6.20 Å². The van der Waals surface area contributed by atoms with Gasteiger partial charge < -0.3 is 5.11 Å². The molecule has 0 aromatic carbocycles. The lowest BCUT2D eigenvalue weighted by atomic mass is 10.3. The first-order valence-electron chi connectivity index (χ1n) is 4.29. The highest BCUT2D eigenvalue weighted by atomic mass is 16.3. The molecule has 0 amide bonds. The van der Waals surface area contributed by atoms with Crippen LogP contribution in [0.3, 0.4) is 0 Å². The predicted octanol–water partition coefficient (Wildman–Crippen LogP) is 0.834. The van der Waals surface area contributed by atoms with E-state index in [1.165, 1.54) is 0 Å². The molecule has 1 rings (SSSR count). The van der Waals surface area contributed by atoms with Gasteiger partial charge in [0.2, 0.25) is 0 Å². The number of aryl methyl sites for hydroxylation is 1. The van der Waals surface area contributed by atoms with E-state index in [2.05, 4.69) is 5.10 Å². The summed E-state index contributed by atoms with van der Waals surface area (Å²) in [6.45, 7) is 4.15. The lowest BCUT2D eigenvalue weighted by Gasteiger charge is -2.06. The Bertz CT molecular complexity index is 324. The van der Waals surface area contributed by atoms with Crippen molar-refractivity contribution in [1.82, 2.24) is 9.78 Å². The number of nitriles is 1. The average Bonchev–Trinajstić information content (AvgIpc) is 2.46. The maximum atomic E-state index is 9.34. The SMILES string of the molecule is CCC(O)Cn1cc(C#N)c(C)n1. The van der Waals surface area contributed by atoms with Crippen molar-refractivity contribution in [2.24, 2.45) is 0 Å². The van der Waals surface area contributed by atoms with Crippen molar-refractivity contribution in [1.29, 1.82) is 5.26 Å². The van der Waals surface area contributed by atoms with Gasteiger partial charge in [-0.1, -0.05) is 6.92 Å². The lowest BCUT2D eigenvalue weighted by Crippen LogP contribution is -2.14. The molecule has 13 heavy (non-hydrogen) atoms. The standard InChI is InChI=1S/C9H13N3O/c1-3-9(13)6-12-5-8(4-10)7(2)11-12/h5,9,13H,3,6H2,1-2H3. The van der Waals surface area contributed by atoms with E-state index >= 15 is 0 Å². The molecule has 0 spiro atoms. The van der Waals surface area contributed by atoms with Crippen molar-refractivity contribution < 1.29 is 5.11 Å². The largest absolute Gasteiger partial charge is 0.391 e. The monoisotopic (exact) mass is 179 g/mol. The molecule has 0 bridgehead atoms. The molecule has 70 valence electrons. The van der Waals surface area contributed by atoms with Gasteiger partial charge in [0, 0.05) is 6.20 Å². The summed E-state index contributed by atoms with van der Waals surface area (Å²) < 4.78 is 1.61. The number of aromatic nitrogens is 2. The van der Waals surface area contributed by atoms with Crippen molar-refractivity contribution in [2.45, 2.75) is 32.9 Å². The van der Waals surface area contributed by atoms with Gasteiger partial charge in [0.1, 0.15) is 6.07 Å². The zero-order valence-electron chi connectivity index (χ0n) is 7.86. The molecule has 1 aromatic rings. The molecule has 1 unspecified atom stereocenters. The Labute approximate surface area is 77.4 Å². The van der Waals surface area contributed by atoms with Gasteiger partial charge in [0.15, 0.2) is 0 Å². The summed E-state index contributed by atoms with van der Waals surface area (Å²) in [5, 5.41) is 22.1. The minimum Gasteiger partial charge on any atom is -0.391 e. The fraction of sp³-hybridized carbons (Fsp3) is 0.556. The van der Waals surface area contributed by atoms with Gasteiger partial charge in [0.25, 0.3) is 0 Å². The van der Waals surface area contributed by atoms with E-state index in [1.54, 1.807) is 17.8 Å². The zero-order valence-corrected chi connectivity index (χ0v) is 7.86. The second-order valence-corrected chi connectivity index (χ2v) is 3.02. The van der Waals surface area contributed by atoms with Gasteiger partial charge >= 0.3 is 0 Å². The molecule has 1 heterocycles. The van der Waals surface area contributed by atoms with Crippen LogP contribution in [-0.4, -0.2) is 21.0 Å². The predicted molar refractivity (Wildman–Crippen MR) is 48.0 cm³/mol. The van der Waals surface area contributed by atoms with Crippen LogP contribution in [-0.2, 0) is 6.54 Å². The smallest absolute Gasteiger partial charge is 0.103 e. The molecular weight excluding hydrogens is 166 g/mol. The van der Waals surface area contributed by atoms with E-state index in [-0.39, 0.29) is 6.10 Å². The summed E-state index contributed by atoms with van der Waals surface area (Å²) in [4.78, 5) is 0. The number of aliphatic hydroxyl groups excluding tert-OH is 1. The molecule has 4 nitrogen and oxygen atoms in total. The number of aliphatic hydroxyl groups is 1. The van der Waals surface area contributed by atoms with Gasteiger partial charge in [-0.25, -0.2) is 0 Å². The lowest BCUT2D eigenvalue weighted by molar-refractivity contribution is 0.145. The third-order valence-corrected chi connectivity index (χ3v) is 1.94. The molecule has 1 atom stereocenters. The summed E-state index contributed by atoms with van der Waals surface area (Å²) in [5.74, 6) is 0. The first-order chi connectivity index (χ1) is 6.17. The van der Waals surface area contributed by atoms with Crippen LogP contribution in [0.25, 0.3) is 0 Å². The van der Waals surface area contributed by atoms with Crippen LogP contribution < -0.4 is 0 Å². The van der Waals surface area contributed by atoms with Crippen molar-refractivity contribution in [3.63, 3.8) is 0 Å². The summed E-state index contributed by atoms with van der Waals surface area (Å²) in [5.41, 5.74) is 1.29. The Kier molecular flexibility index (Phi) is 3.04. The Balaban J connectivity index is 2.75. The average molecular weight is 179 g/mol. The third kappa shape index (κ3) is 2.30. The van der Waals surface area contributed by atoms with Crippen molar-refractivity contribution in [2.75, 3.05) is 0 Å². The molecule has 0 aliphatic rings. The highest BCUT2D eigenvalue weighted by Gasteiger charge is 2.06. The van der Waals surface area contributed by atoms with Crippen molar-refractivity contribution >= 4 is 0 Å². The summed E-state index contributed by atoms with van der Waals surface area (Å²) in [6, 6.07) is 2.04. The molecule has 1 aromatic heterocycles. The van der Waals surface area contributed by atoms with Crippen LogP contribution in [0.5, 0.6) is 0 Å². The molecule has 0 aliphatic heterocycles. The Morgan fingerprint density at radius 2 is 2.46 bits per heavy atom. The highest BCUT2D eigenvalue weighted by Crippen LogP contribution is 2.04. The Morgan fingerprint density at radius 3 is 2.92 bits per heavy atom. The van der Waals surface area contributed by atoms with Crippen LogP contribution in [0, 0.1) is 18.3 Å². The Morgan fingerprint density at radius 1 is 1.77 bits per heavy atom. The maximum absolute atomic E-state index is 9.34. The van der Waals surface area contributed by atoms with Crippen LogP contribution >= 0.6 is 0 Å². The molecule has 0 saturated carbocycles. The second-order valence-electron chi connectivity index (χ2n) is 3.02. The zero-order chi connectivity index (χ0) is 9.84. The molecule has 1 N–H and O–H groups in total. The van der Waals surface area contributed by atoms with Crippen molar-refractivity contribution in [3.8, 4) is 6.07 Å². The van der Waals surface area contributed by atoms with Gasteiger partial charge in [-0.15, -0.1) is 0 Å². The fourth-order valence-corrected chi connectivity index (χ4v) is 1.07. The minimum absolute atomic E-state index is 0.383. The maximum Gasteiger partial charge on any atom is 0.103 e. The number of hydrogen-bond acceptors (Lipinski definition) is 3. The summed E-state index contributed by atoms with van der Waals surface area (Å²) >= 11 is 0. The molecule has 4 heteroatoms. The minimum atomic E-state index is -0.383. The second kappa shape index (κ2) is 4.06. The van der Waals surface area contributed by atoms with E-state index < -0.39 is 0 Å². The molecular formula is C9H13N3O. The normalized spacial score (nSPS) is 12.5. The van der Waals surface area contributed by atoms with Gasteiger partial charge in [-0.3, -0.25) is 4.68 Å². The molecule has 0 saturated heterocycles. The first-order valence-corrected chi connectivity index (χ1v) is 4.29.